The van der Waals surface area contributed by atoms with Gasteiger partial charge in [-0.25, -0.2) is 13.8 Å². The number of rotatable bonds is 9. The number of aromatic nitrogens is 6. The molecule has 0 radical (unpaired) electrons. The Balaban J connectivity index is 1.49. The predicted octanol–water partition coefficient (Wildman–Crippen LogP) is 4.53. The second-order valence-electron chi connectivity index (χ2n) is 10.6. The van der Waals surface area contributed by atoms with E-state index in [-0.39, 0.29) is 36.5 Å². The molecule has 5 rings (SSSR count). The number of halogens is 5. The molecule has 1 aliphatic rings. The SMILES string of the molecule is C[Si](C)(C)CCOCn1c(CNc2nc(N3CCOCC3)nc3c(C(F)(F)F)cnn23)nc2c(F)c(F)ccc21. The highest BCUT2D eigenvalue weighted by Crippen LogP contribution is 2.33. The molecule has 1 fully saturated rings. The Morgan fingerprint density at radius 2 is 1.82 bits per heavy atom. The topological polar surface area (TPSA) is 94.6 Å². The second kappa shape index (κ2) is 10.9. The standard InChI is InChI=1S/C24H29F5N8O2Si/c1-40(2,3)11-10-39-14-36-17-5-4-16(25)19(26)20(17)32-18(36)13-30-22-34-23(35-6-8-38-9-7-35)33-21-15(24(27,28)29)12-31-37(21)22/h4-5,12H,6-11,13-14H2,1-3H3,(H,30,33,34). The molecule has 0 bridgehead atoms. The van der Waals surface area contributed by atoms with E-state index in [0.717, 1.165) is 16.6 Å². The number of alkyl halides is 3. The third kappa shape index (κ3) is 5.88. The highest BCUT2D eigenvalue weighted by Gasteiger charge is 2.36. The lowest BCUT2D eigenvalue weighted by atomic mass is 10.3. The third-order valence-electron chi connectivity index (χ3n) is 6.47. The van der Waals surface area contributed by atoms with Crippen molar-refractivity contribution in [3.63, 3.8) is 0 Å². The van der Waals surface area contributed by atoms with Crippen LogP contribution in [0.4, 0.5) is 33.8 Å². The molecule has 0 atom stereocenters. The lowest BCUT2D eigenvalue weighted by molar-refractivity contribution is -0.136. The van der Waals surface area contributed by atoms with Crippen LogP contribution in [-0.4, -0.2) is 70.1 Å². The first-order valence-electron chi connectivity index (χ1n) is 12.7. The van der Waals surface area contributed by atoms with Crippen LogP contribution in [-0.2, 0) is 28.9 Å². The molecular weight excluding hydrogens is 555 g/mol. The van der Waals surface area contributed by atoms with Gasteiger partial charge >= 0.3 is 6.18 Å². The Morgan fingerprint density at radius 1 is 1.07 bits per heavy atom. The van der Waals surface area contributed by atoms with Gasteiger partial charge in [-0.2, -0.15) is 32.8 Å². The zero-order valence-electron chi connectivity index (χ0n) is 22.2. The van der Waals surface area contributed by atoms with Crippen molar-refractivity contribution in [2.45, 2.75) is 45.1 Å². The summed E-state index contributed by atoms with van der Waals surface area (Å²) in [6.45, 7) is 8.62. The van der Waals surface area contributed by atoms with Gasteiger partial charge in [0.1, 0.15) is 23.6 Å². The average molecular weight is 585 g/mol. The molecule has 40 heavy (non-hydrogen) atoms. The summed E-state index contributed by atoms with van der Waals surface area (Å²) in [4.78, 5) is 14.6. The first-order chi connectivity index (χ1) is 18.9. The molecule has 1 aromatic carbocycles. The smallest absolute Gasteiger partial charge is 0.378 e. The van der Waals surface area contributed by atoms with Crippen LogP contribution in [0, 0.1) is 11.6 Å². The van der Waals surface area contributed by atoms with E-state index in [0.29, 0.717) is 44.6 Å². The van der Waals surface area contributed by atoms with Crippen molar-refractivity contribution in [1.29, 1.82) is 0 Å². The highest BCUT2D eigenvalue weighted by atomic mass is 28.3. The quantitative estimate of drug-likeness (QED) is 0.174. The van der Waals surface area contributed by atoms with E-state index in [1.54, 1.807) is 9.47 Å². The lowest BCUT2D eigenvalue weighted by Gasteiger charge is -2.27. The number of hydrogen-bond acceptors (Lipinski definition) is 8. The molecule has 4 aromatic rings. The van der Waals surface area contributed by atoms with Gasteiger partial charge in [0.2, 0.25) is 11.9 Å². The minimum atomic E-state index is -4.68. The van der Waals surface area contributed by atoms with E-state index in [1.807, 2.05) is 0 Å². The van der Waals surface area contributed by atoms with Gasteiger partial charge in [-0.05, 0) is 18.2 Å². The minimum absolute atomic E-state index is 0.0214. The van der Waals surface area contributed by atoms with Gasteiger partial charge in [0.05, 0.1) is 31.5 Å². The Labute approximate surface area is 227 Å². The number of nitrogens with one attached hydrogen (secondary N) is 1. The number of hydrogen-bond donors (Lipinski definition) is 1. The summed E-state index contributed by atoms with van der Waals surface area (Å²) in [6, 6.07) is 3.33. The number of fused-ring (bicyclic) bond motifs is 2. The van der Waals surface area contributed by atoms with E-state index in [1.165, 1.54) is 6.07 Å². The predicted molar refractivity (Wildman–Crippen MR) is 140 cm³/mol. The molecule has 0 spiro atoms. The van der Waals surface area contributed by atoms with Gasteiger partial charge < -0.3 is 24.3 Å². The first kappa shape index (κ1) is 28.2. The summed E-state index contributed by atoms with van der Waals surface area (Å²) in [5.74, 6) is -1.80. The van der Waals surface area contributed by atoms with Crippen molar-refractivity contribution in [2.24, 2.45) is 0 Å². The van der Waals surface area contributed by atoms with E-state index in [9.17, 15) is 22.0 Å². The Bertz CT molecular complexity index is 1510. The monoisotopic (exact) mass is 584 g/mol. The minimum Gasteiger partial charge on any atom is -0.378 e. The summed E-state index contributed by atoms with van der Waals surface area (Å²) in [6.07, 6.45) is -3.99. The maximum Gasteiger partial charge on any atom is 0.421 e. The van der Waals surface area contributed by atoms with E-state index >= 15 is 0 Å². The summed E-state index contributed by atoms with van der Waals surface area (Å²) in [5, 5.41) is 6.84. The van der Waals surface area contributed by atoms with E-state index in [2.05, 4.69) is 45.0 Å². The first-order valence-corrected chi connectivity index (χ1v) is 16.4. The number of morpholine rings is 1. The zero-order valence-corrected chi connectivity index (χ0v) is 23.2. The lowest BCUT2D eigenvalue weighted by Crippen LogP contribution is -2.37. The zero-order chi connectivity index (χ0) is 28.7. The molecule has 0 aliphatic carbocycles. The number of benzene rings is 1. The van der Waals surface area contributed by atoms with Crippen molar-refractivity contribution < 1.29 is 31.4 Å². The van der Waals surface area contributed by atoms with Gasteiger partial charge in [-0.15, -0.1) is 0 Å². The maximum atomic E-state index is 14.6. The van der Waals surface area contributed by atoms with Crippen LogP contribution in [0.2, 0.25) is 25.7 Å². The maximum absolute atomic E-state index is 14.6. The number of anilines is 2. The van der Waals surface area contributed by atoms with Crippen molar-refractivity contribution in [2.75, 3.05) is 43.1 Å². The number of imidazole rings is 1. The van der Waals surface area contributed by atoms with Gasteiger partial charge in [-0.3, -0.25) is 0 Å². The third-order valence-corrected chi connectivity index (χ3v) is 8.17. The van der Waals surface area contributed by atoms with Crippen LogP contribution in [0.1, 0.15) is 11.4 Å². The number of nitrogens with zero attached hydrogens (tertiary/aromatic N) is 7. The molecule has 1 N–H and O–H groups in total. The summed E-state index contributed by atoms with van der Waals surface area (Å²) < 4.78 is 83.5. The Hall–Kier alpha value is -3.37. The summed E-state index contributed by atoms with van der Waals surface area (Å²) in [7, 11) is -1.37. The fourth-order valence-corrected chi connectivity index (χ4v) is 5.00. The fraction of sp³-hybridized carbons (Fsp3) is 0.500. The molecule has 1 saturated heterocycles. The largest absolute Gasteiger partial charge is 0.421 e. The molecule has 0 unspecified atom stereocenters. The molecule has 0 amide bonds. The van der Waals surface area contributed by atoms with Crippen molar-refractivity contribution in [3.8, 4) is 0 Å². The Kier molecular flexibility index (Phi) is 7.67. The van der Waals surface area contributed by atoms with Crippen LogP contribution in [0.25, 0.3) is 16.7 Å². The summed E-state index contributed by atoms with van der Waals surface area (Å²) in [5.41, 5.74) is -1.27. The van der Waals surface area contributed by atoms with E-state index in [4.69, 9.17) is 9.47 Å². The molecule has 4 heterocycles. The van der Waals surface area contributed by atoms with Crippen molar-refractivity contribution in [1.82, 2.24) is 29.1 Å². The number of ether oxygens (including phenoxy) is 2. The van der Waals surface area contributed by atoms with Gasteiger partial charge in [0.25, 0.3) is 0 Å². The normalized spacial score (nSPS) is 14.9. The van der Waals surface area contributed by atoms with Crippen molar-refractivity contribution in [3.05, 3.63) is 41.4 Å². The molecule has 1 aliphatic heterocycles. The van der Waals surface area contributed by atoms with Crippen LogP contribution in [0.15, 0.2) is 18.3 Å². The van der Waals surface area contributed by atoms with Gasteiger partial charge in [0.15, 0.2) is 17.3 Å². The summed E-state index contributed by atoms with van der Waals surface area (Å²) >= 11 is 0. The molecule has 216 valence electrons. The van der Waals surface area contributed by atoms with Crippen LogP contribution < -0.4 is 10.2 Å². The van der Waals surface area contributed by atoms with Crippen molar-refractivity contribution >= 4 is 36.7 Å². The van der Waals surface area contributed by atoms with Gasteiger partial charge in [-0.1, -0.05) is 19.6 Å². The van der Waals surface area contributed by atoms with E-state index < -0.39 is 37.1 Å². The second-order valence-corrected chi connectivity index (χ2v) is 16.2. The molecule has 3 aromatic heterocycles. The molecule has 0 saturated carbocycles. The molecular formula is C24H29F5N8O2Si. The molecule has 10 nitrogen and oxygen atoms in total. The van der Waals surface area contributed by atoms with Gasteiger partial charge in [0, 0.05) is 27.8 Å². The van der Waals surface area contributed by atoms with Crippen LogP contribution in [0.5, 0.6) is 0 Å². The Morgan fingerprint density at radius 3 is 2.52 bits per heavy atom. The highest BCUT2D eigenvalue weighted by molar-refractivity contribution is 6.76. The van der Waals surface area contributed by atoms with Crippen LogP contribution >= 0.6 is 0 Å². The fourth-order valence-electron chi connectivity index (χ4n) is 4.24. The van der Waals surface area contributed by atoms with Crippen LogP contribution in [0.3, 0.4) is 0 Å². The molecule has 16 heteroatoms. The average Bonchev–Trinajstić information content (AvgIpc) is 3.49.